The Morgan fingerprint density at radius 2 is 1.56 bits per heavy atom. The van der Waals surface area contributed by atoms with Crippen molar-refractivity contribution in [3.05, 3.63) is 83.7 Å². The van der Waals surface area contributed by atoms with Crippen LogP contribution in [0.4, 0.5) is 4.39 Å². The van der Waals surface area contributed by atoms with Gasteiger partial charge in [-0.25, -0.2) is 21.2 Å². The van der Waals surface area contributed by atoms with Crippen LogP contribution >= 0.6 is 0 Å². The third-order valence-electron chi connectivity index (χ3n) is 7.23. The molecule has 39 heavy (non-hydrogen) atoms. The summed E-state index contributed by atoms with van der Waals surface area (Å²) < 4.78 is 81.7. The number of fused-ring (bicyclic) bond motifs is 1. The van der Waals surface area contributed by atoms with Gasteiger partial charge in [0.1, 0.15) is 5.82 Å². The minimum Gasteiger partial charge on any atom is -0.454 e. The van der Waals surface area contributed by atoms with Gasteiger partial charge in [-0.1, -0.05) is 31.2 Å². The van der Waals surface area contributed by atoms with E-state index in [2.05, 4.69) is 6.92 Å². The summed E-state index contributed by atoms with van der Waals surface area (Å²) in [6, 6.07) is 16.8. The molecule has 8 nitrogen and oxygen atoms in total. The first-order valence-electron chi connectivity index (χ1n) is 12.9. The average molecular weight is 575 g/mol. The molecule has 0 spiro atoms. The van der Waals surface area contributed by atoms with Crippen LogP contribution in [0.25, 0.3) is 0 Å². The molecule has 0 aliphatic carbocycles. The van der Waals surface area contributed by atoms with Gasteiger partial charge in [0.2, 0.25) is 26.8 Å². The number of benzene rings is 3. The normalized spacial score (nSPS) is 16.6. The van der Waals surface area contributed by atoms with Gasteiger partial charge < -0.3 is 9.47 Å². The Kier molecular flexibility index (Phi) is 7.95. The van der Waals surface area contributed by atoms with E-state index < -0.39 is 25.9 Å². The fourth-order valence-electron chi connectivity index (χ4n) is 4.78. The van der Waals surface area contributed by atoms with E-state index in [4.69, 9.17) is 9.47 Å². The zero-order valence-corrected chi connectivity index (χ0v) is 23.3. The van der Waals surface area contributed by atoms with Crippen molar-refractivity contribution in [1.29, 1.82) is 0 Å². The predicted molar refractivity (Wildman–Crippen MR) is 144 cm³/mol. The van der Waals surface area contributed by atoms with Crippen LogP contribution in [0.3, 0.4) is 0 Å². The molecule has 11 heteroatoms. The number of hydrogen-bond acceptors (Lipinski definition) is 6. The maximum absolute atomic E-state index is 14.3. The van der Waals surface area contributed by atoms with E-state index in [-0.39, 0.29) is 36.1 Å². The third kappa shape index (κ3) is 5.96. The Hall–Kier alpha value is -2.99. The van der Waals surface area contributed by atoms with E-state index in [1.54, 1.807) is 36.4 Å². The minimum atomic E-state index is -4.06. The molecule has 0 unspecified atom stereocenters. The maximum atomic E-state index is 14.3. The fraction of sp³-hybridized carbons (Fsp3) is 0.357. The van der Waals surface area contributed by atoms with Gasteiger partial charge in [-0.2, -0.15) is 8.61 Å². The molecule has 0 radical (unpaired) electrons. The highest BCUT2D eigenvalue weighted by atomic mass is 32.2. The molecule has 5 rings (SSSR count). The molecular weight excluding hydrogens is 543 g/mol. The quantitative estimate of drug-likeness (QED) is 0.376. The van der Waals surface area contributed by atoms with Crippen molar-refractivity contribution in [3.63, 3.8) is 0 Å². The fourth-order valence-corrected chi connectivity index (χ4v) is 7.68. The molecule has 2 heterocycles. The van der Waals surface area contributed by atoms with Crippen LogP contribution in [-0.2, 0) is 33.0 Å². The summed E-state index contributed by atoms with van der Waals surface area (Å²) in [6.45, 7) is 3.12. The molecule has 0 amide bonds. The van der Waals surface area contributed by atoms with Crippen molar-refractivity contribution >= 4 is 20.0 Å². The number of ether oxygens (including phenoxy) is 2. The second-order valence-electron chi connectivity index (χ2n) is 9.93. The van der Waals surface area contributed by atoms with Gasteiger partial charge in [-0.05, 0) is 78.8 Å². The van der Waals surface area contributed by atoms with Gasteiger partial charge in [0.05, 0.1) is 9.79 Å². The molecule has 3 aromatic rings. The lowest BCUT2D eigenvalue weighted by Crippen LogP contribution is -2.37. The molecule has 2 aliphatic rings. The van der Waals surface area contributed by atoms with Gasteiger partial charge >= 0.3 is 0 Å². The van der Waals surface area contributed by atoms with Gasteiger partial charge in [0.25, 0.3) is 0 Å². The minimum absolute atomic E-state index is 0.0133. The largest absolute Gasteiger partial charge is 0.454 e. The first-order valence-corrected chi connectivity index (χ1v) is 15.7. The number of sulfonamides is 2. The van der Waals surface area contributed by atoms with Crippen LogP contribution in [0.15, 0.2) is 76.5 Å². The second-order valence-corrected chi connectivity index (χ2v) is 13.8. The highest BCUT2D eigenvalue weighted by molar-refractivity contribution is 7.89. The van der Waals surface area contributed by atoms with Crippen molar-refractivity contribution in [2.24, 2.45) is 5.92 Å². The standard InChI is InChI=1S/C28H31FN2O6S2/c1-21-12-15-30(16-13-21)38(32,33)24-7-9-25(10-8-24)39(34,35)31(17-14-23-4-2-3-5-26(23)29)19-22-6-11-27-28(18-22)37-20-36-27/h2-11,18,21H,12-17,19-20H2,1H3. The van der Waals surface area contributed by atoms with E-state index in [0.29, 0.717) is 41.6 Å². The van der Waals surface area contributed by atoms with Gasteiger partial charge in [-0.3, -0.25) is 0 Å². The maximum Gasteiger partial charge on any atom is 0.243 e. The summed E-state index contributed by atoms with van der Waals surface area (Å²) in [5, 5.41) is 0. The Morgan fingerprint density at radius 1 is 0.897 bits per heavy atom. The Balaban J connectivity index is 1.40. The van der Waals surface area contributed by atoms with Crippen molar-refractivity contribution in [2.75, 3.05) is 26.4 Å². The number of hydrogen-bond donors (Lipinski definition) is 0. The lowest BCUT2D eigenvalue weighted by molar-refractivity contribution is 0.174. The summed E-state index contributed by atoms with van der Waals surface area (Å²) in [4.78, 5) is 0.0210. The molecule has 0 aromatic heterocycles. The third-order valence-corrected chi connectivity index (χ3v) is 11.0. The van der Waals surface area contributed by atoms with Crippen LogP contribution in [-0.4, -0.2) is 51.9 Å². The zero-order chi connectivity index (χ0) is 27.6. The Bertz CT molecular complexity index is 1540. The SMILES string of the molecule is CC1CCN(S(=O)(=O)c2ccc(S(=O)(=O)N(CCc3ccccc3F)Cc3ccc4c(c3)OCO4)cc2)CC1. The van der Waals surface area contributed by atoms with Crippen molar-refractivity contribution in [3.8, 4) is 11.5 Å². The molecule has 0 bridgehead atoms. The highest BCUT2D eigenvalue weighted by Gasteiger charge is 2.30. The number of rotatable bonds is 9. The summed E-state index contributed by atoms with van der Waals surface area (Å²) in [7, 11) is -7.78. The Morgan fingerprint density at radius 3 is 2.28 bits per heavy atom. The molecule has 0 N–H and O–H groups in total. The van der Waals surface area contributed by atoms with Crippen molar-refractivity contribution in [2.45, 2.75) is 42.5 Å². The first-order chi connectivity index (χ1) is 18.6. The van der Waals surface area contributed by atoms with Crippen LogP contribution in [0.1, 0.15) is 30.9 Å². The molecular formula is C28H31FN2O6S2. The summed E-state index contributed by atoms with van der Waals surface area (Å²) in [6.07, 6.45) is 1.75. The molecule has 1 saturated heterocycles. The van der Waals surface area contributed by atoms with Crippen LogP contribution in [0.5, 0.6) is 11.5 Å². The van der Waals surface area contributed by atoms with Gasteiger partial charge in [0.15, 0.2) is 11.5 Å². The molecule has 2 aliphatic heterocycles. The van der Waals surface area contributed by atoms with Crippen LogP contribution in [0.2, 0.25) is 0 Å². The zero-order valence-electron chi connectivity index (χ0n) is 21.6. The van der Waals surface area contributed by atoms with Crippen LogP contribution < -0.4 is 9.47 Å². The molecule has 1 fully saturated rings. The number of halogens is 1. The summed E-state index contributed by atoms with van der Waals surface area (Å²) in [5.41, 5.74) is 1.08. The van der Waals surface area contributed by atoms with Crippen LogP contribution in [0, 0.1) is 11.7 Å². The monoisotopic (exact) mass is 574 g/mol. The molecule has 3 aromatic carbocycles. The molecule has 208 valence electrons. The Labute approximate surface area is 229 Å². The average Bonchev–Trinajstić information content (AvgIpc) is 3.40. The van der Waals surface area contributed by atoms with E-state index in [0.717, 1.165) is 12.8 Å². The lowest BCUT2D eigenvalue weighted by atomic mass is 10.0. The van der Waals surface area contributed by atoms with E-state index in [9.17, 15) is 21.2 Å². The molecule has 0 saturated carbocycles. The van der Waals surface area contributed by atoms with E-state index in [1.807, 2.05) is 0 Å². The first kappa shape index (κ1) is 27.6. The smallest absolute Gasteiger partial charge is 0.243 e. The number of nitrogens with zero attached hydrogens (tertiary/aromatic N) is 2. The predicted octanol–water partition coefficient (Wildman–Crippen LogP) is 4.41. The second kappa shape index (κ2) is 11.2. The summed E-state index contributed by atoms with van der Waals surface area (Å²) in [5.74, 6) is 1.18. The van der Waals surface area contributed by atoms with E-state index in [1.165, 1.54) is 38.9 Å². The van der Waals surface area contributed by atoms with Crippen molar-refractivity contribution < 1.29 is 30.7 Å². The molecule has 0 atom stereocenters. The van der Waals surface area contributed by atoms with Crippen molar-refractivity contribution in [1.82, 2.24) is 8.61 Å². The van der Waals surface area contributed by atoms with Gasteiger partial charge in [0, 0.05) is 26.2 Å². The summed E-state index contributed by atoms with van der Waals surface area (Å²) >= 11 is 0. The topological polar surface area (TPSA) is 93.2 Å². The number of piperidine rings is 1. The van der Waals surface area contributed by atoms with Gasteiger partial charge in [-0.15, -0.1) is 0 Å². The van der Waals surface area contributed by atoms with E-state index >= 15 is 0 Å². The highest BCUT2D eigenvalue weighted by Crippen LogP contribution is 2.33. The lowest BCUT2D eigenvalue weighted by Gasteiger charge is -2.29.